The van der Waals surface area contributed by atoms with Crippen molar-refractivity contribution < 1.29 is 18.9 Å². The molecule has 0 atom stereocenters. The lowest BCUT2D eigenvalue weighted by Crippen LogP contribution is -2.45. The SMILES string of the molecule is CC(C)(C)OC(=O)NC1CCN(Cc2cc3c(-c4cc5ccccc5o4)cncc3cc2[N+](=O)[O-])CC1. The second-order valence-electron chi connectivity index (χ2n) is 10.5. The summed E-state index contributed by atoms with van der Waals surface area (Å²) in [5.74, 6) is 0.674. The van der Waals surface area contributed by atoms with Gasteiger partial charge in [0.05, 0.1) is 4.92 Å². The lowest BCUT2D eigenvalue weighted by molar-refractivity contribution is -0.385. The Kier molecular flexibility index (Phi) is 6.55. The molecule has 0 aliphatic carbocycles. The number of para-hydroxylation sites is 1. The van der Waals surface area contributed by atoms with Gasteiger partial charge in [-0.15, -0.1) is 0 Å². The first kappa shape index (κ1) is 24.7. The van der Waals surface area contributed by atoms with Crippen molar-refractivity contribution in [2.24, 2.45) is 0 Å². The molecule has 0 unspecified atom stereocenters. The lowest BCUT2D eigenvalue weighted by atomic mass is 9.99. The standard InChI is InChI=1S/C28H30N4O5/c1-28(2,3)37-27(33)30-21-8-10-31(11-9-21)17-20-12-22-19(13-24(20)32(34)35)15-29-16-23(22)26-14-18-6-4-5-7-25(18)36-26/h4-7,12-16,21H,8-11,17H2,1-3H3,(H,30,33). The van der Waals surface area contributed by atoms with Crippen LogP contribution < -0.4 is 5.32 Å². The van der Waals surface area contributed by atoms with Gasteiger partial charge in [-0.3, -0.25) is 20.0 Å². The first-order chi connectivity index (χ1) is 17.7. The van der Waals surface area contributed by atoms with Crippen molar-refractivity contribution in [1.82, 2.24) is 15.2 Å². The maximum Gasteiger partial charge on any atom is 0.407 e. The number of nitro benzene ring substituents is 1. The molecule has 5 rings (SSSR count). The topological polar surface area (TPSA) is 111 Å². The van der Waals surface area contributed by atoms with Crippen molar-refractivity contribution >= 4 is 33.5 Å². The van der Waals surface area contributed by atoms with Crippen LogP contribution in [-0.2, 0) is 11.3 Å². The number of hydrogen-bond acceptors (Lipinski definition) is 7. The number of pyridine rings is 1. The Labute approximate surface area is 214 Å². The maximum absolute atomic E-state index is 12.1. The maximum atomic E-state index is 12.1. The van der Waals surface area contributed by atoms with Crippen LogP contribution in [0.5, 0.6) is 0 Å². The van der Waals surface area contributed by atoms with E-state index in [0.29, 0.717) is 36.3 Å². The molecule has 1 fully saturated rings. The van der Waals surface area contributed by atoms with Gasteiger partial charge in [-0.25, -0.2) is 4.79 Å². The lowest BCUT2D eigenvalue weighted by Gasteiger charge is -2.32. The summed E-state index contributed by atoms with van der Waals surface area (Å²) in [6.45, 7) is 7.36. The van der Waals surface area contributed by atoms with E-state index < -0.39 is 11.7 Å². The zero-order valence-corrected chi connectivity index (χ0v) is 21.2. The molecule has 0 radical (unpaired) electrons. The van der Waals surface area contributed by atoms with Crippen molar-refractivity contribution in [3.63, 3.8) is 0 Å². The Morgan fingerprint density at radius 2 is 1.92 bits per heavy atom. The number of piperidine rings is 1. The molecule has 0 spiro atoms. The van der Waals surface area contributed by atoms with Gasteiger partial charge in [0.1, 0.15) is 16.9 Å². The monoisotopic (exact) mass is 502 g/mol. The van der Waals surface area contributed by atoms with E-state index in [4.69, 9.17) is 9.15 Å². The van der Waals surface area contributed by atoms with Gasteiger partial charge in [-0.1, -0.05) is 18.2 Å². The predicted molar refractivity (Wildman–Crippen MR) is 141 cm³/mol. The average molecular weight is 503 g/mol. The summed E-state index contributed by atoms with van der Waals surface area (Å²) in [6, 6.07) is 13.2. The molecule has 4 aromatic rings. The van der Waals surface area contributed by atoms with Crippen LogP contribution in [-0.4, -0.2) is 45.6 Å². The number of carbonyl (C=O) groups excluding carboxylic acids is 1. The third-order valence-electron chi connectivity index (χ3n) is 6.55. The average Bonchev–Trinajstić information content (AvgIpc) is 3.27. The second-order valence-corrected chi connectivity index (χ2v) is 10.5. The molecule has 3 heterocycles. The van der Waals surface area contributed by atoms with Crippen LogP contribution in [0, 0.1) is 10.1 Å². The highest BCUT2D eigenvalue weighted by Gasteiger charge is 2.26. The van der Waals surface area contributed by atoms with E-state index in [2.05, 4.69) is 15.2 Å². The molecule has 2 aromatic heterocycles. The fourth-order valence-corrected chi connectivity index (χ4v) is 4.81. The van der Waals surface area contributed by atoms with Crippen molar-refractivity contribution in [3.8, 4) is 11.3 Å². The van der Waals surface area contributed by atoms with Crippen LogP contribution in [0.1, 0.15) is 39.2 Å². The number of hydrogen-bond donors (Lipinski definition) is 1. The van der Waals surface area contributed by atoms with Crippen molar-refractivity contribution in [2.45, 2.75) is 51.8 Å². The predicted octanol–water partition coefficient (Wildman–Crippen LogP) is 6.05. The smallest absolute Gasteiger partial charge is 0.407 e. The van der Waals surface area contributed by atoms with E-state index >= 15 is 0 Å². The number of alkyl carbamates (subject to hydrolysis) is 1. The van der Waals surface area contributed by atoms with Gasteiger partial charge in [0.15, 0.2) is 0 Å². The van der Waals surface area contributed by atoms with Crippen molar-refractivity contribution in [3.05, 3.63) is 70.5 Å². The van der Waals surface area contributed by atoms with Gasteiger partial charge in [0, 0.05) is 66.0 Å². The minimum absolute atomic E-state index is 0.0171. The third kappa shape index (κ3) is 5.56. The Hall–Kier alpha value is -3.98. The number of likely N-dealkylation sites (tertiary alicyclic amines) is 1. The van der Waals surface area contributed by atoms with Crippen LogP contribution in [0.2, 0.25) is 0 Å². The quantitative estimate of drug-likeness (QED) is 0.261. The van der Waals surface area contributed by atoms with Crippen LogP contribution in [0.4, 0.5) is 10.5 Å². The van der Waals surface area contributed by atoms with Gasteiger partial charge in [0.2, 0.25) is 0 Å². The van der Waals surface area contributed by atoms with Gasteiger partial charge in [0.25, 0.3) is 5.69 Å². The van der Waals surface area contributed by atoms with Crippen LogP contribution >= 0.6 is 0 Å². The third-order valence-corrected chi connectivity index (χ3v) is 6.55. The number of aromatic nitrogens is 1. The summed E-state index contributed by atoms with van der Waals surface area (Å²) in [5.41, 5.74) is 1.74. The molecule has 1 aliphatic rings. The largest absolute Gasteiger partial charge is 0.456 e. The molecule has 9 nitrogen and oxygen atoms in total. The molecule has 1 N–H and O–H groups in total. The fourth-order valence-electron chi connectivity index (χ4n) is 4.81. The van der Waals surface area contributed by atoms with E-state index in [1.165, 1.54) is 0 Å². The van der Waals surface area contributed by atoms with E-state index in [-0.39, 0.29) is 16.7 Å². The van der Waals surface area contributed by atoms with Crippen molar-refractivity contribution in [2.75, 3.05) is 13.1 Å². The Morgan fingerprint density at radius 3 is 2.62 bits per heavy atom. The fraction of sp³-hybridized carbons (Fsp3) is 0.357. The summed E-state index contributed by atoms with van der Waals surface area (Å²) in [4.78, 5) is 30.2. The van der Waals surface area contributed by atoms with Gasteiger partial charge in [-0.05, 0) is 57.2 Å². The second kappa shape index (κ2) is 9.82. The molecule has 0 saturated carbocycles. The minimum atomic E-state index is -0.545. The molecular formula is C28H30N4O5. The normalized spacial score (nSPS) is 15.2. The van der Waals surface area contributed by atoms with E-state index in [1.807, 2.05) is 57.2 Å². The Balaban J connectivity index is 1.38. The van der Waals surface area contributed by atoms with E-state index in [0.717, 1.165) is 34.8 Å². The Bertz CT molecular complexity index is 1430. The minimum Gasteiger partial charge on any atom is -0.456 e. The molecule has 0 bridgehead atoms. The van der Waals surface area contributed by atoms with Crippen LogP contribution in [0.15, 0.2) is 59.3 Å². The van der Waals surface area contributed by atoms with Gasteiger partial charge in [-0.2, -0.15) is 0 Å². The van der Waals surface area contributed by atoms with Gasteiger partial charge >= 0.3 is 6.09 Å². The zero-order chi connectivity index (χ0) is 26.2. The number of benzene rings is 2. The number of rotatable bonds is 5. The number of furan rings is 1. The molecule has 2 aromatic carbocycles. The van der Waals surface area contributed by atoms with Crippen LogP contribution in [0.3, 0.4) is 0 Å². The zero-order valence-electron chi connectivity index (χ0n) is 21.2. The molecule has 1 amide bonds. The number of fused-ring (bicyclic) bond motifs is 2. The number of nitro groups is 1. The highest BCUT2D eigenvalue weighted by atomic mass is 16.6. The highest BCUT2D eigenvalue weighted by Crippen LogP contribution is 2.35. The highest BCUT2D eigenvalue weighted by molar-refractivity contribution is 5.98. The molecule has 9 heteroatoms. The van der Waals surface area contributed by atoms with Crippen LogP contribution in [0.25, 0.3) is 33.1 Å². The summed E-state index contributed by atoms with van der Waals surface area (Å²) >= 11 is 0. The molecule has 37 heavy (non-hydrogen) atoms. The summed E-state index contributed by atoms with van der Waals surface area (Å²) in [7, 11) is 0. The van der Waals surface area contributed by atoms with E-state index in [9.17, 15) is 14.9 Å². The van der Waals surface area contributed by atoms with E-state index in [1.54, 1.807) is 18.5 Å². The number of ether oxygens (including phenoxy) is 1. The summed E-state index contributed by atoms with van der Waals surface area (Å²) in [5, 5.41) is 17.4. The number of amides is 1. The summed E-state index contributed by atoms with van der Waals surface area (Å²) < 4.78 is 11.4. The first-order valence-electron chi connectivity index (χ1n) is 12.4. The number of nitrogens with zero attached hydrogens (tertiary/aromatic N) is 3. The molecule has 1 aliphatic heterocycles. The first-order valence-corrected chi connectivity index (χ1v) is 12.4. The molecule has 192 valence electrons. The Morgan fingerprint density at radius 1 is 1.16 bits per heavy atom. The molecular weight excluding hydrogens is 472 g/mol. The van der Waals surface area contributed by atoms with Crippen molar-refractivity contribution in [1.29, 1.82) is 0 Å². The summed E-state index contributed by atoms with van der Waals surface area (Å²) in [6.07, 6.45) is 4.46. The number of carbonyl (C=O) groups is 1. The molecule has 1 saturated heterocycles. The number of nitrogens with one attached hydrogen (secondary N) is 1. The van der Waals surface area contributed by atoms with Gasteiger partial charge < -0.3 is 14.5 Å².